The number of aromatic nitrogens is 2. The van der Waals surface area contributed by atoms with E-state index in [0.29, 0.717) is 6.54 Å². The van der Waals surface area contributed by atoms with Crippen molar-refractivity contribution in [2.75, 3.05) is 0 Å². The van der Waals surface area contributed by atoms with Crippen molar-refractivity contribution >= 4 is 0 Å². The zero-order valence-corrected chi connectivity index (χ0v) is 26.8. The summed E-state index contributed by atoms with van der Waals surface area (Å²) < 4.78 is 11.4. The number of hydrogen-bond acceptors (Lipinski definition) is 1. The molecule has 7 rings (SSSR count). The lowest BCUT2D eigenvalue weighted by atomic mass is 9.87. The summed E-state index contributed by atoms with van der Waals surface area (Å²) in [6.07, 6.45) is 5.41. The predicted molar refractivity (Wildman–Crippen MR) is 183 cm³/mol. The van der Waals surface area contributed by atoms with Gasteiger partial charge in [-0.1, -0.05) is 81.4 Å². The van der Waals surface area contributed by atoms with Crippen molar-refractivity contribution in [3.63, 3.8) is 0 Å². The molecule has 0 bridgehead atoms. The first-order valence-corrected chi connectivity index (χ1v) is 15.8. The lowest BCUT2D eigenvalue weighted by Crippen LogP contribution is -2.37. The molecule has 0 amide bonds. The average molecular weight is 589 g/mol. The van der Waals surface area contributed by atoms with E-state index >= 15 is 0 Å². The van der Waals surface area contributed by atoms with Gasteiger partial charge in [-0.2, -0.15) is 4.57 Å². The number of hydrogen-bond donors (Lipinski definition) is 0. The SMILES string of the molecule is Cc1ccccc1-c1cccc[n+]1Cc1cc2c(cc1-c1cc(CC(C)(C)C)cc[n+]1C)-c1ccccc1-c1ccccc1O2. The highest BCUT2D eigenvalue weighted by molar-refractivity contribution is 5.92. The van der Waals surface area contributed by atoms with Gasteiger partial charge >= 0.3 is 0 Å². The van der Waals surface area contributed by atoms with Gasteiger partial charge in [0.25, 0.3) is 0 Å². The third-order valence-electron chi connectivity index (χ3n) is 8.75. The minimum atomic E-state index is 0.189. The Bertz CT molecular complexity index is 2050. The van der Waals surface area contributed by atoms with Gasteiger partial charge in [0.15, 0.2) is 18.9 Å². The third kappa shape index (κ3) is 5.67. The van der Waals surface area contributed by atoms with E-state index in [2.05, 4.69) is 172 Å². The molecular formula is C42H40N2O+2. The minimum absolute atomic E-state index is 0.189. The number of fused-ring (bicyclic) bond motifs is 5. The molecule has 2 aromatic heterocycles. The molecule has 0 spiro atoms. The van der Waals surface area contributed by atoms with E-state index < -0.39 is 0 Å². The number of aryl methyl sites for hydroxylation is 2. The fraction of sp³-hybridized carbons (Fsp3) is 0.190. The van der Waals surface area contributed by atoms with Crippen molar-refractivity contribution in [2.24, 2.45) is 12.5 Å². The van der Waals surface area contributed by atoms with Crippen LogP contribution < -0.4 is 13.9 Å². The Morgan fingerprint density at radius 3 is 2.00 bits per heavy atom. The largest absolute Gasteiger partial charge is 0.456 e. The van der Waals surface area contributed by atoms with Crippen LogP contribution in [0.3, 0.4) is 0 Å². The van der Waals surface area contributed by atoms with Crippen molar-refractivity contribution in [1.29, 1.82) is 0 Å². The van der Waals surface area contributed by atoms with Crippen molar-refractivity contribution in [1.82, 2.24) is 0 Å². The summed E-state index contributed by atoms with van der Waals surface area (Å²) in [6, 6.07) is 41.4. The van der Waals surface area contributed by atoms with Crippen molar-refractivity contribution in [3.8, 4) is 56.3 Å². The van der Waals surface area contributed by atoms with E-state index in [9.17, 15) is 0 Å². The summed E-state index contributed by atoms with van der Waals surface area (Å²) >= 11 is 0. The maximum absolute atomic E-state index is 6.79. The van der Waals surface area contributed by atoms with Crippen LogP contribution in [0.1, 0.15) is 37.5 Å². The molecule has 1 aliphatic rings. The van der Waals surface area contributed by atoms with E-state index in [0.717, 1.165) is 29.0 Å². The predicted octanol–water partition coefficient (Wildman–Crippen LogP) is 9.52. The maximum atomic E-state index is 6.79. The molecule has 6 aromatic rings. The van der Waals surface area contributed by atoms with Crippen LogP contribution in [0.25, 0.3) is 44.8 Å². The smallest absolute Gasteiger partial charge is 0.213 e. The molecular weight excluding hydrogens is 548 g/mol. The van der Waals surface area contributed by atoms with Gasteiger partial charge < -0.3 is 4.74 Å². The maximum Gasteiger partial charge on any atom is 0.213 e. The molecule has 0 radical (unpaired) electrons. The van der Waals surface area contributed by atoms with Crippen molar-refractivity contribution < 1.29 is 13.9 Å². The van der Waals surface area contributed by atoms with Gasteiger partial charge in [-0.05, 0) is 71.3 Å². The van der Waals surface area contributed by atoms with Crippen LogP contribution in [0.15, 0.2) is 128 Å². The van der Waals surface area contributed by atoms with Gasteiger partial charge in [0.05, 0.1) is 5.56 Å². The number of nitrogens with zero attached hydrogens (tertiary/aromatic N) is 2. The van der Waals surface area contributed by atoms with E-state index in [1.165, 1.54) is 50.3 Å². The molecule has 3 heterocycles. The molecule has 45 heavy (non-hydrogen) atoms. The number of pyridine rings is 2. The summed E-state index contributed by atoms with van der Waals surface area (Å²) in [5.41, 5.74) is 13.4. The third-order valence-corrected chi connectivity index (χ3v) is 8.75. The number of ether oxygens (including phenoxy) is 1. The zero-order valence-electron chi connectivity index (χ0n) is 26.8. The molecule has 0 N–H and O–H groups in total. The van der Waals surface area contributed by atoms with Gasteiger partial charge in [0, 0.05) is 46.5 Å². The lowest BCUT2D eigenvalue weighted by molar-refractivity contribution is -0.677. The quantitative estimate of drug-likeness (QED) is 0.183. The second-order valence-corrected chi connectivity index (χ2v) is 13.4. The standard InChI is InChI=1S/C42H40N2O/c1-29-14-6-7-15-32(29)38-19-12-13-22-44(38)28-31-25-41-37(26-36(31)39-24-30(21-23-43(39)5)27-42(2,3)4)34-17-9-8-16-33(34)35-18-10-11-20-40(35)45-41/h6-26H,27-28H2,1-5H3/q+2. The minimum Gasteiger partial charge on any atom is -0.456 e. The highest BCUT2D eigenvalue weighted by Crippen LogP contribution is 2.48. The van der Waals surface area contributed by atoms with Crippen LogP contribution in [0.2, 0.25) is 0 Å². The van der Waals surface area contributed by atoms with Gasteiger partial charge in [0.1, 0.15) is 18.5 Å². The van der Waals surface area contributed by atoms with Crippen LogP contribution in [0.4, 0.5) is 0 Å². The van der Waals surface area contributed by atoms with Gasteiger partial charge in [-0.3, -0.25) is 0 Å². The van der Waals surface area contributed by atoms with Crippen molar-refractivity contribution in [2.45, 2.75) is 40.7 Å². The monoisotopic (exact) mass is 588 g/mol. The molecule has 3 heteroatoms. The summed E-state index contributed by atoms with van der Waals surface area (Å²) in [7, 11) is 2.15. The first-order valence-electron chi connectivity index (χ1n) is 15.8. The first kappa shape index (κ1) is 28.7. The van der Waals surface area contributed by atoms with Crippen LogP contribution in [0, 0.1) is 12.3 Å². The van der Waals surface area contributed by atoms with E-state index in [1.807, 2.05) is 0 Å². The Kier molecular flexibility index (Phi) is 7.33. The lowest BCUT2D eigenvalue weighted by Gasteiger charge is -2.19. The van der Waals surface area contributed by atoms with Crippen LogP contribution >= 0.6 is 0 Å². The van der Waals surface area contributed by atoms with Gasteiger partial charge in [0.2, 0.25) is 11.4 Å². The fourth-order valence-corrected chi connectivity index (χ4v) is 6.64. The Hall–Kier alpha value is -5.02. The number of rotatable bonds is 5. The second kappa shape index (κ2) is 11.5. The first-order chi connectivity index (χ1) is 21.7. The summed E-state index contributed by atoms with van der Waals surface area (Å²) in [4.78, 5) is 0. The highest BCUT2D eigenvalue weighted by Gasteiger charge is 2.27. The van der Waals surface area contributed by atoms with E-state index in [1.54, 1.807) is 0 Å². The molecule has 0 atom stereocenters. The second-order valence-electron chi connectivity index (χ2n) is 13.4. The molecule has 3 nitrogen and oxygen atoms in total. The molecule has 0 unspecified atom stereocenters. The Balaban J connectivity index is 1.47. The van der Waals surface area contributed by atoms with Crippen LogP contribution in [-0.4, -0.2) is 0 Å². The topological polar surface area (TPSA) is 17.0 Å². The van der Waals surface area contributed by atoms with Gasteiger partial charge in [-0.15, -0.1) is 0 Å². The summed E-state index contributed by atoms with van der Waals surface area (Å²) in [5, 5.41) is 0. The Morgan fingerprint density at radius 2 is 1.24 bits per heavy atom. The zero-order chi connectivity index (χ0) is 31.1. The van der Waals surface area contributed by atoms with Crippen LogP contribution in [0.5, 0.6) is 11.5 Å². The van der Waals surface area contributed by atoms with E-state index in [4.69, 9.17) is 4.74 Å². The molecule has 0 aliphatic carbocycles. The highest BCUT2D eigenvalue weighted by atomic mass is 16.5. The molecule has 222 valence electrons. The molecule has 4 aromatic carbocycles. The summed E-state index contributed by atoms with van der Waals surface area (Å²) in [6.45, 7) is 9.79. The fourth-order valence-electron chi connectivity index (χ4n) is 6.64. The number of benzene rings is 4. The summed E-state index contributed by atoms with van der Waals surface area (Å²) in [5.74, 6) is 1.77. The molecule has 0 saturated carbocycles. The Labute approximate surface area is 267 Å². The van der Waals surface area contributed by atoms with Crippen molar-refractivity contribution in [3.05, 3.63) is 144 Å². The number of para-hydroxylation sites is 1. The van der Waals surface area contributed by atoms with Gasteiger partial charge in [-0.25, -0.2) is 4.57 Å². The molecule has 0 fully saturated rings. The molecule has 1 aliphatic heterocycles. The normalized spacial score (nSPS) is 12.0. The van der Waals surface area contributed by atoms with E-state index in [-0.39, 0.29) is 5.41 Å². The van der Waals surface area contributed by atoms with Crippen LogP contribution in [-0.2, 0) is 20.0 Å². The average Bonchev–Trinajstić information content (AvgIpc) is 3.16. The Morgan fingerprint density at radius 1 is 0.578 bits per heavy atom. The molecule has 0 saturated heterocycles.